The molecule has 0 fully saturated rings. The molecule has 0 spiro atoms. The van der Waals surface area contributed by atoms with Gasteiger partial charge >= 0.3 is 0 Å². The van der Waals surface area contributed by atoms with Crippen molar-refractivity contribution in [3.8, 4) is 12.0 Å². The summed E-state index contributed by atoms with van der Waals surface area (Å²) in [7, 11) is 0. The first-order valence-electron chi connectivity index (χ1n) is 1.74. The van der Waals surface area contributed by atoms with Crippen LogP contribution < -0.4 is 11.5 Å². The number of rotatable bonds is 0. The van der Waals surface area contributed by atoms with Gasteiger partial charge in [0.1, 0.15) is 0 Å². The minimum atomic E-state index is -0.0880. The monoisotopic (exact) mass is 84.1 g/mol. The van der Waals surface area contributed by atoms with Crippen LogP contribution in [0.1, 0.15) is 6.92 Å². The summed E-state index contributed by atoms with van der Waals surface area (Å²) in [5, 5.41) is 0. The van der Waals surface area contributed by atoms with Crippen LogP contribution in [0.2, 0.25) is 0 Å². The molecule has 4 N–H and O–H groups in total. The largest absolute Gasteiger partial charge is 0.359 e. The normalized spacial score (nSPS) is 11.7. The van der Waals surface area contributed by atoms with Crippen molar-refractivity contribution in [3.63, 3.8) is 0 Å². The van der Waals surface area contributed by atoms with E-state index >= 15 is 0 Å². The molecule has 0 bridgehead atoms. The Morgan fingerprint density at radius 3 is 2.17 bits per heavy atom. The van der Waals surface area contributed by atoms with E-state index < -0.39 is 0 Å². The van der Waals surface area contributed by atoms with E-state index in [9.17, 15) is 0 Å². The second kappa shape index (κ2) is 2.55. The fraction of sp³-hybridized carbons (Fsp3) is 0.500. The lowest BCUT2D eigenvalue weighted by Crippen LogP contribution is -2.11. The molecule has 0 radical (unpaired) electrons. The van der Waals surface area contributed by atoms with E-state index in [1.165, 1.54) is 0 Å². The summed E-state index contributed by atoms with van der Waals surface area (Å²) in [6, 6.07) is 2.10. The average Bonchev–Trinajstić information content (AvgIpc) is 1.35. The molecular weight excluding hydrogens is 76.1 g/mol. The molecule has 0 heterocycles. The van der Waals surface area contributed by atoms with Gasteiger partial charge < -0.3 is 11.5 Å². The summed E-state index contributed by atoms with van der Waals surface area (Å²) in [4.78, 5) is 0. The molecule has 0 saturated carbocycles. The van der Waals surface area contributed by atoms with Gasteiger partial charge in [-0.2, -0.15) is 0 Å². The Morgan fingerprint density at radius 2 is 2.17 bits per heavy atom. The van der Waals surface area contributed by atoms with Gasteiger partial charge in [0.15, 0.2) is 0 Å². The first-order chi connectivity index (χ1) is 2.77. The summed E-state index contributed by atoms with van der Waals surface area (Å²) in [6.07, 6.45) is 0. The average molecular weight is 84.1 g/mol. The van der Waals surface area contributed by atoms with Crippen LogP contribution >= 0.6 is 0 Å². The lowest BCUT2D eigenvalue weighted by atomic mass is 10.4. The molecule has 1 atom stereocenters. The van der Waals surface area contributed by atoms with Gasteiger partial charge in [-0.15, -0.1) is 0 Å². The van der Waals surface area contributed by atoms with Crippen LogP contribution in [0.25, 0.3) is 0 Å². The topological polar surface area (TPSA) is 52.0 Å². The lowest BCUT2D eigenvalue weighted by Gasteiger charge is -1.83. The van der Waals surface area contributed by atoms with Gasteiger partial charge in [-0.25, -0.2) is 0 Å². The standard InChI is InChI=1S/C4H8N2/c1-4(6)2-3-5/h4H,5-6H2,1H3. The second-order valence-corrected chi connectivity index (χ2v) is 1.08. The van der Waals surface area contributed by atoms with Gasteiger partial charge in [0, 0.05) is 6.04 Å². The zero-order valence-corrected chi connectivity index (χ0v) is 3.73. The molecular formula is C4H8N2. The quantitative estimate of drug-likeness (QED) is 0.300. The highest BCUT2D eigenvalue weighted by molar-refractivity contribution is 5.00. The molecule has 0 aliphatic heterocycles. The van der Waals surface area contributed by atoms with Crippen LogP contribution in [0, 0.1) is 12.0 Å². The van der Waals surface area contributed by atoms with Crippen LogP contribution in [0.3, 0.4) is 0 Å². The van der Waals surface area contributed by atoms with Crippen LogP contribution in [-0.4, -0.2) is 6.04 Å². The van der Waals surface area contributed by atoms with E-state index in [4.69, 9.17) is 11.5 Å². The number of hydrogen-bond acceptors (Lipinski definition) is 2. The molecule has 0 aromatic rings. The summed E-state index contributed by atoms with van der Waals surface area (Å²) in [5.74, 6) is 2.51. The zero-order chi connectivity index (χ0) is 4.99. The number of nitrogens with two attached hydrogens (primary N) is 2. The molecule has 6 heavy (non-hydrogen) atoms. The maximum Gasteiger partial charge on any atom is 0.0654 e. The van der Waals surface area contributed by atoms with E-state index in [2.05, 4.69) is 12.0 Å². The van der Waals surface area contributed by atoms with Crippen LogP contribution in [0.5, 0.6) is 0 Å². The molecule has 0 aromatic carbocycles. The van der Waals surface area contributed by atoms with Gasteiger partial charge in [0.05, 0.1) is 6.04 Å². The van der Waals surface area contributed by atoms with Crippen molar-refractivity contribution in [3.05, 3.63) is 0 Å². The first kappa shape index (κ1) is 5.32. The highest BCUT2D eigenvalue weighted by Crippen LogP contribution is 1.61. The molecule has 34 valence electrons. The van der Waals surface area contributed by atoms with Crippen molar-refractivity contribution in [1.82, 2.24) is 0 Å². The first-order valence-corrected chi connectivity index (χ1v) is 1.74. The fourth-order valence-electron chi connectivity index (χ4n) is 0.131. The summed E-state index contributed by atoms with van der Waals surface area (Å²) in [6.45, 7) is 1.78. The Balaban J connectivity index is 3.20. The molecule has 2 heteroatoms. The zero-order valence-electron chi connectivity index (χ0n) is 3.73. The van der Waals surface area contributed by atoms with E-state index in [0.717, 1.165) is 0 Å². The van der Waals surface area contributed by atoms with Crippen molar-refractivity contribution in [2.45, 2.75) is 13.0 Å². The van der Waals surface area contributed by atoms with Crippen LogP contribution in [0.4, 0.5) is 0 Å². The fourth-order valence-corrected chi connectivity index (χ4v) is 0.131. The van der Waals surface area contributed by atoms with Gasteiger partial charge in [0.2, 0.25) is 0 Å². The SMILES string of the molecule is CC(N)C#CN. The Morgan fingerprint density at radius 1 is 1.67 bits per heavy atom. The van der Waals surface area contributed by atoms with Crippen LogP contribution in [-0.2, 0) is 0 Å². The van der Waals surface area contributed by atoms with Gasteiger partial charge in [0.25, 0.3) is 0 Å². The predicted molar refractivity (Wildman–Crippen MR) is 25.6 cm³/mol. The third-order valence-electron chi connectivity index (χ3n) is 0.311. The highest BCUT2D eigenvalue weighted by atomic mass is 14.6. The van der Waals surface area contributed by atoms with Crippen molar-refractivity contribution >= 4 is 0 Å². The lowest BCUT2D eigenvalue weighted by molar-refractivity contribution is 0.958. The van der Waals surface area contributed by atoms with Gasteiger partial charge in [-0.1, -0.05) is 5.92 Å². The highest BCUT2D eigenvalue weighted by Gasteiger charge is 1.75. The van der Waals surface area contributed by atoms with Crippen molar-refractivity contribution < 1.29 is 0 Å². The summed E-state index contributed by atoms with van der Waals surface area (Å²) < 4.78 is 0. The third kappa shape index (κ3) is 3.32. The van der Waals surface area contributed by atoms with E-state index in [1.807, 2.05) is 0 Å². The van der Waals surface area contributed by atoms with E-state index in [-0.39, 0.29) is 6.04 Å². The molecule has 2 nitrogen and oxygen atoms in total. The maximum atomic E-state index is 5.15. The molecule has 0 aliphatic rings. The Bertz CT molecular complexity index is 75.3. The van der Waals surface area contributed by atoms with Crippen LogP contribution in [0.15, 0.2) is 0 Å². The molecule has 1 unspecified atom stereocenters. The predicted octanol–water partition coefficient (Wildman–Crippen LogP) is -0.747. The summed E-state index contributed by atoms with van der Waals surface area (Å²) >= 11 is 0. The molecule has 0 aromatic heterocycles. The van der Waals surface area contributed by atoms with Crippen molar-refractivity contribution in [2.24, 2.45) is 11.5 Å². The smallest absolute Gasteiger partial charge is 0.0654 e. The molecule has 0 amide bonds. The minimum absolute atomic E-state index is 0.0880. The third-order valence-corrected chi connectivity index (χ3v) is 0.311. The van der Waals surface area contributed by atoms with E-state index in [0.29, 0.717) is 0 Å². The Kier molecular flexibility index (Phi) is 2.26. The van der Waals surface area contributed by atoms with E-state index in [1.54, 1.807) is 6.92 Å². The minimum Gasteiger partial charge on any atom is -0.359 e. The van der Waals surface area contributed by atoms with Gasteiger partial charge in [-0.05, 0) is 6.92 Å². The number of hydrogen-bond donors (Lipinski definition) is 2. The van der Waals surface area contributed by atoms with Crippen molar-refractivity contribution in [2.75, 3.05) is 0 Å². The van der Waals surface area contributed by atoms with Crippen molar-refractivity contribution in [1.29, 1.82) is 0 Å². The molecule has 0 saturated heterocycles. The second-order valence-electron chi connectivity index (χ2n) is 1.08. The molecule has 0 rings (SSSR count). The Labute approximate surface area is 37.5 Å². The molecule has 0 aliphatic carbocycles. The Hall–Kier alpha value is -0.680. The summed E-state index contributed by atoms with van der Waals surface area (Å²) in [5.41, 5.74) is 9.94. The van der Waals surface area contributed by atoms with Gasteiger partial charge in [-0.3, -0.25) is 0 Å². The maximum absolute atomic E-state index is 5.15.